The molecule has 0 unspecified atom stereocenters. The summed E-state index contributed by atoms with van der Waals surface area (Å²) < 4.78 is 0. The standard InChI is InChI=1S/C14H17N3O2/c1-3-4-5-11-12(17-14(19)16-11)13(18)10-6-7-15-8-9(10)2/h6-8H,3-5H2,1-2H3,(H2,16,17,19). The number of carbonyl (C=O) groups is 1. The van der Waals surface area contributed by atoms with E-state index < -0.39 is 0 Å². The molecule has 19 heavy (non-hydrogen) atoms. The van der Waals surface area contributed by atoms with Gasteiger partial charge in [0, 0.05) is 23.7 Å². The molecule has 2 heterocycles. The summed E-state index contributed by atoms with van der Waals surface area (Å²) in [4.78, 5) is 33.1. The number of rotatable bonds is 5. The van der Waals surface area contributed by atoms with Crippen LogP contribution >= 0.6 is 0 Å². The van der Waals surface area contributed by atoms with Gasteiger partial charge >= 0.3 is 5.69 Å². The number of unbranched alkanes of at least 4 members (excludes halogenated alkanes) is 1. The van der Waals surface area contributed by atoms with Crippen molar-refractivity contribution in [3.63, 3.8) is 0 Å². The van der Waals surface area contributed by atoms with Gasteiger partial charge in [-0.05, 0) is 31.4 Å². The second-order valence-electron chi connectivity index (χ2n) is 4.56. The second kappa shape index (κ2) is 5.65. The topological polar surface area (TPSA) is 78.6 Å². The van der Waals surface area contributed by atoms with Crippen LogP contribution in [-0.2, 0) is 6.42 Å². The first-order chi connectivity index (χ1) is 9.13. The minimum Gasteiger partial charge on any atom is -0.309 e. The van der Waals surface area contributed by atoms with E-state index in [9.17, 15) is 9.59 Å². The summed E-state index contributed by atoms with van der Waals surface area (Å²) in [5, 5.41) is 0. The molecule has 0 bridgehead atoms. The molecule has 2 aromatic rings. The van der Waals surface area contributed by atoms with Crippen molar-refractivity contribution in [3.8, 4) is 0 Å². The third kappa shape index (κ3) is 2.81. The molecule has 0 amide bonds. The molecule has 0 radical (unpaired) electrons. The van der Waals surface area contributed by atoms with Crippen LogP contribution in [0.5, 0.6) is 0 Å². The van der Waals surface area contributed by atoms with Gasteiger partial charge in [-0.2, -0.15) is 0 Å². The number of aryl methyl sites for hydroxylation is 2. The number of nitrogens with one attached hydrogen (secondary N) is 2. The fourth-order valence-electron chi connectivity index (χ4n) is 2.02. The highest BCUT2D eigenvalue weighted by molar-refractivity contribution is 6.09. The number of H-pyrrole nitrogens is 2. The Kier molecular flexibility index (Phi) is 3.94. The van der Waals surface area contributed by atoms with Crippen LogP contribution in [0.3, 0.4) is 0 Å². The lowest BCUT2D eigenvalue weighted by Gasteiger charge is -2.04. The van der Waals surface area contributed by atoms with Gasteiger partial charge in [0.05, 0.1) is 0 Å². The molecule has 0 saturated heterocycles. The number of carbonyl (C=O) groups excluding carboxylic acids is 1. The lowest BCUT2D eigenvalue weighted by Crippen LogP contribution is -2.09. The molecular formula is C14H17N3O2. The molecule has 0 fully saturated rings. The Morgan fingerprint density at radius 3 is 2.84 bits per heavy atom. The van der Waals surface area contributed by atoms with Gasteiger partial charge in [0.25, 0.3) is 0 Å². The van der Waals surface area contributed by atoms with Crippen LogP contribution in [0.25, 0.3) is 0 Å². The third-order valence-corrected chi connectivity index (χ3v) is 3.08. The van der Waals surface area contributed by atoms with Crippen molar-refractivity contribution in [2.24, 2.45) is 0 Å². The summed E-state index contributed by atoms with van der Waals surface area (Å²) >= 11 is 0. The predicted molar refractivity (Wildman–Crippen MR) is 72.4 cm³/mol. The highest BCUT2D eigenvalue weighted by Crippen LogP contribution is 2.14. The van der Waals surface area contributed by atoms with E-state index in [2.05, 4.69) is 21.9 Å². The van der Waals surface area contributed by atoms with Crippen LogP contribution in [-0.4, -0.2) is 20.7 Å². The fourth-order valence-corrected chi connectivity index (χ4v) is 2.02. The summed E-state index contributed by atoms with van der Waals surface area (Å²) in [6, 6.07) is 1.67. The van der Waals surface area contributed by atoms with Crippen LogP contribution in [0.1, 0.15) is 47.1 Å². The van der Waals surface area contributed by atoms with Gasteiger partial charge in [0.1, 0.15) is 5.69 Å². The molecule has 100 valence electrons. The summed E-state index contributed by atoms with van der Waals surface area (Å²) in [5.41, 5.74) is 2.10. The minimum atomic E-state index is -0.332. The first kappa shape index (κ1) is 13.3. The van der Waals surface area contributed by atoms with E-state index in [1.54, 1.807) is 18.5 Å². The van der Waals surface area contributed by atoms with Gasteiger partial charge in [-0.15, -0.1) is 0 Å². The number of aromatic nitrogens is 3. The predicted octanol–water partition coefficient (Wildman–Crippen LogP) is 1.98. The van der Waals surface area contributed by atoms with Crippen molar-refractivity contribution in [2.45, 2.75) is 33.1 Å². The van der Waals surface area contributed by atoms with Crippen LogP contribution in [0.15, 0.2) is 23.3 Å². The van der Waals surface area contributed by atoms with E-state index >= 15 is 0 Å². The molecule has 0 spiro atoms. The van der Waals surface area contributed by atoms with Crippen LogP contribution in [0.4, 0.5) is 0 Å². The lowest BCUT2D eigenvalue weighted by molar-refractivity contribution is 0.103. The van der Waals surface area contributed by atoms with E-state index in [-0.39, 0.29) is 11.5 Å². The zero-order valence-corrected chi connectivity index (χ0v) is 11.1. The molecule has 0 aliphatic carbocycles. The highest BCUT2D eigenvalue weighted by Gasteiger charge is 2.18. The second-order valence-corrected chi connectivity index (χ2v) is 4.56. The van der Waals surface area contributed by atoms with Crippen LogP contribution in [0, 0.1) is 6.92 Å². The Morgan fingerprint density at radius 2 is 2.16 bits per heavy atom. The smallest absolute Gasteiger partial charge is 0.309 e. The summed E-state index contributed by atoms with van der Waals surface area (Å²) in [5.74, 6) is -0.163. The molecule has 2 rings (SSSR count). The normalized spacial score (nSPS) is 10.6. The number of pyridine rings is 1. The molecule has 5 nitrogen and oxygen atoms in total. The third-order valence-electron chi connectivity index (χ3n) is 3.08. The van der Waals surface area contributed by atoms with E-state index in [1.807, 2.05) is 6.92 Å². The number of aromatic amines is 2. The van der Waals surface area contributed by atoms with Crippen molar-refractivity contribution < 1.29 is 4.79 Å². The highest BCUT2D eigenvalue weighted by atomic mass is 16.1. The molecule has 0 saturated carbocycles. The Hall–Kier alpha value is -2.17. The van der Waals surface area contributed by atoms with Gasteiger partial charge in [-0.25, -0.2) is 4.79 Å². The van der Waals surface area contributed by atoms with Crippen LogP contribution < -0.4 is 5.69 Å². The molecule has 0 aliphatic rings. The largest absolute Gasteiger partial charge is 0.323 e. The van der Waals surface area contributed by atoms with Gasteiger partial charge < -0.3 is 9.97 Å². The molecule has 0 aliphatic heterocycles. The van der Waals surface area contributed by atoms with Crippen molar-refractivity contribution in [2.75, 3.05) is 0 Å². The maximum absolute atomic E-state index is 12.4. The summed E-state index contributed by atoms with van der Waals surface area (Å²) in [6.07, 6.45) is 5.86. The van der Waals surface area contributed by atoms with Crippen molar-refractivity contribution >= 4 is 5.78 Å². The van der Waals surface area contributed by atoms with Crippen molar-refractivity contribution in [1.29, 1.82) is 0 Å². The van der Waals surface area contributed by atoms with Gasteiger partial charge in [0.15, 0.2) is 0 Å². The number of ketones is 1. The zero-order valence-electron chi connectivity index (χ0n) is 11.1. The quantitative estimate of drug-likeness (QED) is 0.806. The molecule has 5 heteroatoms. The van der Waals surface area contributed by atoms with Gasteiger partial charge in [-0.3, -0.25) is 9.78 Å². The summed E-state index contributed by atoms with van der Waals surface area (Å²) in [7, 11) is 0. The first-order valence-corrected chi connectivity index (χ1v) is 6.40. The Labute approximate surface area is 111 Å². The van der Waals surface area contributed by atoms with Crippen molar-refractivity contribution in [1.82, 2.24) is 15.0 Å². The molecular weight excluding hydrogens is 242 g/mol. The lowest BCUT2D eigenvalue weighted by atomic mass is 10.0. The number of nitrogens with zero attached hydrogens (tertiary/aromatic N) is 1. The number of imidazole rings is 1. The molecule has 2 aromatic heterocycles. The zero-order chi connectivity index (χ0) is 13.8. The Morgan fingerprint density at radius 1 is 1.37 bits per heavy atom. The first-order valence-electron chi connectivity index (χ1n) is 6.40. The molecule has 2 N–H and O–H groups in total. The van der Waals surface area contributed by atoms with Gasteiger partial charge in [-0.1, -0.05) is 13.3 Å². The monoisotopic (exact) mass is 259 g/mol. The SMILES string of the molecule is CCCCc1[nH]c(=O)[nH]c1C(=O)c1ccncc1C. The van der Waals surface area contributed by atoms with Crippen LogP contribution in [0.2, 0.25) is 0 Å². The maximum Gasteiger partial charge on any atom is 0.323 e. The molecule has 0 aromatic carbocycles. The number of hydrogen-bond acceptors (Lipinski definition) is 3. The van der Waals surface area contributed by atoms with E-state index in [4.69, 9.17) is 0 Å². The van der Waals surface area contributed by atoms with Crippen molar-refractivity contribution in [3.05, 3.63) is 51.5 Å². The maximum atomic E-state index is 12.4. The Bertz CT molecular complexity index is 640. The van der Waals surface area contributed by atoms with Gasteiger partial charge in [0.2, 0.25) is 5.78 Å². The Balaban J connectivity index is 2.39. The minimum absolute atomic E-state index is 0.163. The van der Waals surface area contributed by atoms with E-state index in [0.29, 0.717) is 23.4 Å². The van der Waals surface area contributed by atoms with E-state index in [1.165, 1.54) is 0 Å². The number of hydrogen-bond donors (Lipinski definition) is 2. The average molecular weight is 259 g/mol. The average Bonchev–Trinajstić information content (AvgIpc) is 2.77. The summed E-state index contributed by atoms with van der Waals surface area (Å²) in [6.45, 7) is 3.90. The molecule has 0 atom stereocenters. The fraction of sp³-hybridized carbons (Fsp3) is 0.357. The van der Waals surface area contributed by atoms with E-state index in [0.717, 1.165) is 18.4 Å².